The lowest BCUT2D eigenvalue weighted by molar-refractivity contribution is -0.132. The molecule has 1 aromatic heterocycles. The van der Waals surface area contributed by atoms with Crippen molar-refractivity contribution in [1.29, 1.82) is 0 Å². The van der Waals surface area contributed by atoms with Gasteiger partial charge in [-0.25, -0.2) is 4.98 Å². The summed E-state index contributed by atoms with van der Waals surface area (Å²) in [6.45, 7) is 10.6. The molecule has 0 fully saturated rings. The number of nitrogens with zero attached hydrogens (tertiary/aromatic N) is 3. The van der Waals surface area contributed by atoms with E-state index in [-0.39, 0.29) is 18.0 Å². The first-order valence-electron chi connectivity index (χ1n) is 9.45. The molecule has 1 aromatic carbocycles. The summed E-state index contributed by atoms with van der Waals surface area (Å²) in [7, 11) is 0. The van der Waals surface area contributed by atoms with Gasteiger partial charge >= 0.3 is 0 Å². The molecule has 2 atom stereocenters. The summed E-state index contributed by atoms with van der Waals surface area (Å²) >= 11 is 1.39. The topological polar surface area (TPSA) is 61.9 Å². The highest BCUT2D eigenvalue weighted by atomic mass is 32.2. The van der Waals surface area contributed by atoms with E-state index in [1.165, 1.54) is 17.3 Å². The number of nitrogens with one attached hydrogen (secondary N) is 1. The van der Waals surface area contributed by atoms with E-state index in [1.807, 2.05) is 17.0 Å². The first-order chi connectivity index (χ1) is 12.5. The fourth-order valence-electron chi connectivity index (χ4n) is 2.86. The smallest absolute Gasteiger partial charge is 0.233 e. The van der Waals surface area contributed by atoms with Crippen LogP contribution in [0, 0.1) is 0 Å². The lowest BCUT2D eigenvalue weighted by Gasteiger charge is -2.33. The molecule has 0 aliphatic heterocycles. The number of benzene rings is 1. The van der Waals surface area contributed by atoms with Crippen LogP contribution in [0.25, 0.3) is 11.4 Å². The number of amides is 1. The van der Waals surface area contributed by atoms with Crippen LogP contribution < -0.4 is 0 Å². The predicted octanol–water partition coefficient (Wildman–Crippen LogP) is 4.55. The molecule has 0 spiro atoms. The van der Waals surface area contributed by atoms with Gasteiger partial charge in [0.05, 0.1) is 5.75 Å². The summed E-state index contributed by atoms with van der Waals surface area (Å²) in [5.74, 6) is 1.25. The Balaban J connectivity index is 2.00. The van der Waals surface area contributed by atoms with Crippen molar-refractivity contribution in [2.75, 3.05) is 5.75 Å². The minimum Gasteiger partial charge on any atom is -0.337 e. The first-order valence-corrected chi connectivity index (χ1v) is 10.4. The van der Waals surface area contributed by atoms with E-state index in [0.717, 1.165) is 30.7 Å². The van der Waals surface area contributed by atoms with Gasteiger partial charge in [0.15, 0.2) is 5.82 Å². The van der Waals surface area contributed by atoms with Gasteiger partial charge in [0.1, 0.15) is 0 Å². The molecule has 0 saturated carbocycles. The predicted molar refractivity (Wildman–Crippen MR) is 108 cm³/mol. The number of carbonyl (C=O) groups excluding carboxylic acids is 1. The standard InChI is InChI=1S/C20H30N4OS/c1-6-14(4)24(15(5)7-2)18(25)13-26-20-21-19(22-23-20)17-11-9-16(8-3)10-12-17/h9-12,14-15H,6-8,13H2,1-5H3,(H,21,22,23)/t14-,15-/m1/s1. The lowest BCUT2D eigenvalue weighted by atomic mass is 10.1. The summed E-state index contributed by atoms with van der Waals surface area (Å²) in [5, 5.41) is 7.84. The maximum Gasteiger partial charge on any atom is 0.233 e. The van der Waals surface area contributed by atoms with Crippen LogP contribution >= 0.6 is 11.8 Å². The molecule has 0 unspecified atom stereocenters. The minimum atomic E-state index is 0.150. The number of aromatic nitrogens is 3. The molecule has 0 bridgehead atoms. The highest BCUT2D eigenvalue weighted by molar-refractivity contribution is 7.99. The number of hydrogen-bond acceptors (Lipinski definition) is 4. The number of rotatable bonds is 9. The van der Waals surface area contributed by atoms with Gasteiger partial charge in [0.25, 0.3) is 0 Å². The van der Waals surface area contributed by atoms with Crippen LogP contribution in [0.2, 0.25) is 0 Å². The molecular weight excluding hydrogens is 344 g/mol. The van der Waals surface area contributed by atoms with Gasteiger partial charge in [-0.15, -0.1) is 5.10 Å². The van der Waals surface area contributed by atoms with E-state index in [4.69, 9.17) is 0 Å². The number of aryl methyl sites for hydroxylation is 1. The largest absolute Gasteiger partial charge is 0.337 e. The van der Waals surface area contributed by atoms with E-state index in [1.54, 1.807) is 0 Å². The van der Waals surface area contributed by atoms with Crippen LogP contribution in [0.4, 0.5) is 0 Å². The molecule has 26 heavy (non-hydrogen) atoms. The Hall–Kier alpha value is -1.82. The maximum atomic E-state index is 12.7. The second-order valence-corrected chi connectivity index (χ2v) is 7.56. The van der Waals surface area contributed by atoms with Crippen molar-refractivity contribution in [1.82, 2.24) is 20.1 Å². The van der Waals surface area contributed by atoms with Crippen LogP contribution in [-0.2, 0) is 11.2 Å². The van der Waals surface area contributed by atoms with E-state index in [9.17, 15) is 4.79 Å². The fourth-order valence-corrected chi connectivity index (χ4v) is 3.53. The molecule has 142 valence electrons. The van der Waals surface area contributed by atoms with Crippen molar-refractivity contribution < 1.29 is 4.79 Å². The Morgan fingerprint density at radius 2 is 1.73 bits per heavy atom. The van der Waals surface area contributed by atoms with Crippen molar-refractivity contribution >= 4 is 17.7 Å². The molecule has 0 aliphatic carbocycles. The molecule has 1 heterocycles. The van der Waals surface area contributed by atoms with Gasteiger partial charge in [-0.3, -0.25) is 9.89 Å². The molecule has 2 rings (SSSR count). The molecule has 5 nitrogen and oxygen atoms in total. The average molecular weight is 375 g/mol. The van der Waals surface area contributed by atoms with Gasteiger partial charge in [-0.2, -0.15) is 0 Å². The van der Waals surface area contributed by atoms with Crippen LogP contribution in [0.1, 0.15) is 53.0 Å². The summed E-state index contributed by atoms with van der Waals surface area (Å²) in [6, 6.07) is 8.80. The molecule has 1 amide bonds. The SMILES string of the molecule is CCc1ccc(-c2nc(SCC(=O)N([C@H](C)CC)[C@H](C)CC)n[nH]2)cc1. The van der Waals surface area contributed by atoms with Crippen molar-refractivity contribution in [2.24, 2.45) is 0 Å². The molecule has 6 heteroatoms. The normalized spacial score (nSPS) is 13.4. The zero-order valence-electron chi connectivity index (χ0n) is 16.5. The van der Waals surface area contributed by atoms with Crippen LogP contribution in [0.3, 0.4) is 0 Å². The van der Waals surface area contributed by atoms with Crippen LogP contribution in [0.5, 0.6) is 0 Å². The molecule has 2 aromatic rings. The zero-order chi connectivity index (χ0) is 19.1. The van der Waals surface area contributed by atoms with Crippen molar-refractivity contribution in [3.05, 3.63) is 29.8 Å². The molecular formula is C20H30N4OS. The van der Waals surface area contributed by atoms with E-state index in [2.05, 4.69) is 61.9 Å². The third kappa shape index (κ3) is 5.10. The van der Waals surface area contributed by atoms with Gasteiger partial charge < -0.3 is 4.90 Å². The van der Waals surface area contributed by atoms with Crippen LogP contribution in [0.15, 0.2) is 29.4 Å². The summed E-state index contributed by atoms with van der Waals surface area (Å²) in [6.07, 6.45) is 2.93. The second kappa shape index (κ2) is 9.76. The Kier molecular flexibility index (Phi) is 7.69. The van der Waals surface area contributed by atoms with E-state index >= 15 is 0 Å². The average Bonchev–Trinajstić information content (AvgIpc) is 3.15. The number of H-pyrrole nitrogens is 1. The summed E-state index contributed by atoms with van der Waals surface area (Å²) in [4.78, 5) is 19.2. The molecule has 0 saturated heterocycles. The quantitative estimate of drug-likeness (QED) is 0.654. The summed E-state index contributed by atoms with van der Waals surface area (Å²) in [5.41, 5.74) is 2.30. The van der Waals surface area contributed by atoms with Gasteiger partial charge in [0, 0.05) is 17.6 Å². The highest BCUT2D eigenvalue weighted by Gasteiger charge is 2.23. The third-order valence-corrected chi connectivity index (χ3v) is 5.68. The maximum absolute atomic E-state index is 12.7. The number of carbonyl (C=O) groups is 1. The molecule has 1 N–H and O–H groups in total. The second-order valence-electron chi connectivity index (χ2n) is 6.62. The van der Waals surface area contributed by atoms with Crippen molar-refractivity contribution in [2.45, 2.75) is 71.1 Å². The van der Waals surface area contributed by atoms with E-state index in [0.29, 0.717) is 10.9 Å². The van der Waals surface area contributed by atoms with Crippen LogP contribution in [-0.4, -0.2) is 43.8 Å². The van der Waals surface area contributed by atoms with Gasteiger partial charge in [-0.05, 0) is 38.7 Å². The number of thioether (sulfide) groups is 1. The Morgan fingerprint density at radius 3 is 2.27 bits per heavy atom. The molecule has 0 aliphatic rings. The number of aromatic amines is 1. The van der Waals surface area contributed by atoms with E-state index < -0.39 is 0 Å². The third-order valence-electron chi connectivity index (χ3n) is 4.84. The Bertz CT molecular complexity index is 688. The Morgan fingerprint density at radius 1 is 1.12 bits per heavy atom. The van der Waals surface area contributed by atoms with Gasteiger partial charge in [0.2, 0.25) is 11.1 Å². The lowest BCUT2D eigenvalue weighted by Crippen LogP contribution is -2.45. The first kappa shape index (κ1) is 20.5. The fraction of sp³-hybridized carbons (Fsp3) is 0.550. The van der Waals surface area contributed by atoms with Crippen molar-refractivity contribution in [3.8, 4) is 11.4 Å². The van der Waals surface area contributed by atoms with Gasteiger partial charge in [-0.1, -0.05) is 56.8 Å². The monoisotopic (exact) mass is 374 g/mol. The Labute approximate surface area is 161 Å². The minimum absolute atomic E-state index is 0.150. The van der Waals surface area contributed by atoms with Crippen molar-refractivity contribution in [3.63, 3.8) is 0 Å². The molecule has 0 radical (unpaired) electrons. The zero-order valence-corrected chi connectivity index (χ0v) is 17.3. The highest BCUT2D eigenvalue weighted by Crippen LogP contribution is 2.21. The number of hydrogen-bond donors (Lipinski definition) is 1. The summed E-state index contributed by atoms with van der Waals surface area (Å²) < 4.78 is 0.